The van der Waals surface area contributed by atoms with Gasteiger partial charge in [0.05, 0.1) is 0 Å². The molecule has 2 amide bonds. The molecule has 0 saturated carbocycles. The molecule has 0 atom stereocenters. The molecular formula is C7H10N2O4. The number of hydrogen-bond donors (Lipinski definition) is 2. The van der Waals surface area contributed by atoms with Gasteiger partial charge in [0.15, 0.2) is 0 Å². The predicted molar refractivity (Wildman–Crippen MR) is 43.3 cm³/mol. The Morgan fingerprint density at radius 2 is 1.92 bits per heavy atom. The van der Waals surface area contributed by atoms with Crippen molar-refractivity contribution in [1.82, 2.24) is 10.6 Å². The highest BCUT2D eigenvalue weighted by Gasteiger charge is 2.06. The first kappa shape index (κ1) is 11.2. The third kappa shape index (κ3) is 5.42. The zero-order valence-electron chi connectivity index (χ0n) is 6.86. The Labute approximate surface area is 74.9 Å². The van der Waals surface area contributed by atoms with Crippen molar-refractivity contribution < 1.29 is 19.1 Å². The van der Waals surface area contributed by atoms with Crippen LogP contribution in [0.1, 0.15) is 0 Å². The van der Waals surface area contributed by atoms with E-state index in [0.29, 0.717) is 12.8 Å². The van der Waals surface area contributed by atoms with Crippen LogP contribution in [0.3, 0.4) is 0 Å². The summed E-state index contributed by atoms with van der Waals surface area (Å²) in [6, 6.07) is 0. The van der Waals surface area contributed by atoms with Gasteiger partial charge in [-0.25, -0.2) is 4.79 Å². The van der Waals surface area contributed by atoms with Crippen LogP contribution in [0, 0.1) is 0 Å². The molecule has 0 saturated heterocycles. The van der Waals surface area contributed by atoms with Gasteiger partial charge < -0.3 is 15.4 Å². The summed E-state index contributed by atoms with van der Waals surface area (Å²) in [6.45, 7) is 3.04. The molecule has 0 unspecified atom stereocenters. The van der Waals surface area contributed by atoms with E-state index in [9.17, 15) is 14.4 Å². The molecule has 0 fully saturated rings. The second-order valence-corrected chi connectivity index (χ2v) is 1.96. The first-order valence-corrected chi connectivity index (χ1v) is 3.43. The lowest BCUT2D eigenvalue weighted by Crippen LogP contribution is -2.44. The number of hydrogen-bond acceptors (Lipinski definition) is 4. The van der Waals surface area contributed by atoms with Gasteiger partial charge in [-0.05, 0) is 0 Å². The normalized spacial score (nSPS) is 8.69. The number of carbonyl (C=O) groups excluding carboxylic acids is 3. The number of carbonyl (C=O) groups is 3. The highest BCUT2D eigenvalue weighted by molar-refractivity contribution is 5.81. The van der Waals surface area contributed by atoms with Gasteiger partial charge in [-0.1, -0.05) is 6.58 Å². The average molecular weight is 186 g/mol. The van der Waals surface area contributed by atoms with Crippen LogP contribution in [-0.4, -0.2) is 31.6 Å². The molecule has 0 aromatic heterocycles. The van der Waals surface area contributed by atoms with Crippen molar-refractivity contribution in [1.29, 1.82) is 0 Å². The maximum Gasteiger partial charge on any atom is 0.330 e. The summed E-state index contributed by atoms with van der Waals surface area (Å²) in [5.74, 6) is -0.620. The summed E-state index contributed by atoms with van der Waals surface area (Å²) in [4.78, 5) is 30.5. The van der Waals surface area contributed by atoms with E-state index < -0.39 is 12.1 Å². The van der Waals surface area contributed by atoms with Gasteiger partial charge >= 0.3 is 5.97 Å². The summed E-state index contributed by atoms with van der Waals surface area (Å²) in [7, 11) is 0. The van der Waals surface area contributed by atoms with E-state index in [0.717, 1.165) is 6.08 Å². The monoisotopic (exact) mass is 186 g/mol. The first-order valence-electron chi connectivity index (χ1n) is 3.43. The summed E-state index contributed by atoms with van der Waals surface area (Å²) >= 11 is 0. The van der Waals surface area contributed by atoms with E-state index in [1.54, 1.807) is 0 Å². The Kier molecular flexibility index (Phi) is 5.86. The molecule has 0 heterocycles. The van der Waals surface area contributed by atoms with Crippen molar-refractivity contribution in [3.8, 4) is 0 Å². The lowest BCUT2D eigenvalue weighted by atomic mass is 10.5. The summed E-state index contributed by atoms with van der Waals surface area (Å²) in [6.07, 6.45) is 1.06. The minimum atomic E-state index is -0.709. The maximum absolute atomic E-state index is 10.6. The van der Waals surface area contributed by atoms with Crippen LogP contribution in [0.25, 0.3) is 0 Å². The van der Waals surface area contributed by atoms with Crippen LogP contribution < -0.4 is 10.6 Å². The van der Waals surface area contributed by atoms with Gasteiger partial charge in [-0.3, -0.25) is 9.59 Å². The average Bonchev–Trinajstić information content (AvgIpc) is 2.14. The molecule has 0 rings (SSSR count). The van der Waals surface area contributed by atoms with Gasteiger partial charge in [0, 0.05) is 6.08 Å². The van der Waals surface area contributed by atoms with Crippen molar-refractivity contribution >= 4 is 18.8 Å². The van der Waals surface area contributed by atoms with Crippen molar-refractivity contribution in [2.45, 2.75) is 6.17 Å². The number of rotatable bonds is 7. The van der Waals surface area contributed by atoms with E-state index in [1.165, 1.54) is 0 Å². The minimum absolute atomic E-state index is 0.137. The number of nitrogens with one attached hydrogen (secondary N) is 2. The van der Waals surface area contributed by atoms with Gasteiger partial charge in [0.1, 0.15) is 12.8 Å². The Hall–Kier alpha value is -1.85. The molecule has 72 valence electrons. The molecule has 0 bridgehead atoms. The van der Waals surface area contributed by atoms with Crippen LogP contribution in [0.2, 0.25) is 0 Å². The molecular weight excluding hydrogens is 176 g/mol. The Balaban J connectivity index is 3.79. The van der Waals surface area contributed by atoms with Crippen molar-refractivity contribution in [3.05, 3.63) is 12.7 Å². The third-order valence-electron chi connectivity index (χ3n) is 1.10. The van der Waals surface area contributed by atoms with E-state index in [1.807, 2.05) is 0 Å². The second-order valence-electron chi connectivity index (χ2n) is 1.96. The Bertz CT molecular complexity index is 195. The smallest absolute Gasteiger partial charge is 0.330 e. The second kappa shape index (κ2) is 6.84. The number of amides is 2. The number of esters is 1. The third-order valence-corrected chi connectivity index (χ3v) is 1.10. The summed E-state index contributed by atoms with van der Waals surface area (Å²) < 4.78 is 4.56. The summed E-state index contributed by atoms with van der Waals surface area (Å²) in [5, 5.41) is 4.46. The predicted octanol–water partition coefficient (Wildman–Crippen LogP) is -1.47. The van der Waals surface area contributed by atoms with E-state index in [-0.39, 0.29) is 6.61 Å². The van der Waals surface area contributed by atoms with Gasteiger partial charge in [0.25, 0.3) is 0 Å². The molecule has 0 aliphatic carbocycles. The van der Waals surface area contributed by atoms with Crippen LogP contribution in [0.4, 0.5) is 0 Å². The minimum Gasteiger partial charge on any atom is -0.458 e. The molecule has 0 aliphatic heterocycles. The zero-order valence-corrected chi connectivity index (χ0v) is 6.86. The van der Waals surface area contributed by atoms with Crippen LogP contribution in [0.5, 0.6) is 0 Å². The standard InChI is InChI=1S/C7H10N2O4/c1-2-7(12)13-3-6(8-4-10)9-5-11/h2,4-6H,1,3H2,(H,8,10)(H,9,11). The first-order chi connectivity index (χ1) is 6.24. The molecule has 0 aromatic carbocycles. The quantitative estimate of drug-likeness (QED) is 0.220. The fourth-order valence-corrected chi connectivity index (χ4v) is 0.533. The maximum atomic E-state index is 10.6. The summed E-state index contributed by atoms with van der Waals surface area (Å²) in [5.41, 5.74) is 0. The fraction of sp³-hybridized carbons (Fsp3) is 0.286. The van der Waals surface area contributed by atoms with E-state index in [4.69, 9.17) is 0 Å². The topological polar surface area (TPSA) is 84.5 Å². The van der Waals surface area contributed by atoms with Crippen molar-refractivity contribution in [3.63, 3.8) is 0 Å². The molecule has 6 nitrogen and oxygen atoms in total. The van der Waals surface area contributed by atoms with Crippen LogP contribution >= 0.6 is 0 Å². The van der Waals surface area contributed by atoms with Gasteiger partial charge in [0.2, 0.25) is 12.8 Å². The Morgan fingerprint density at radius 1 is 1.38 bits per heavy atom. The lowest BCUT2D eigenvalue weighted by molar-refractivity contribution is -0.139. The largest absolute Gasteiger partial charge is 0.458 e. The van der Waals surface area contributed by atoms with E-state index in [2.05, 4.69) is 21.9 Å². The molecule has 2 N–H and O–H groups in total. The number of ether oxygens (including phenoxy) is 1. The molecule has 0 spiro atoms. The molecule has 6 heteroatoms. The van der Waals surface area contributed by atoms with Crippen LogP contribution in [-0.2, 0) is 19.1 Å². The Morgan fingerprint density at radius 3 is 2.31 bits per heavy atom. The highest BCUT2D eigenvalue weighted by Crippen LogP contribution is 1.82. The van der Waals surface area contributed by atoms with Gasteiger partial charge in [-0.2, -0.15) is 0 Å². The molecule has 0 aliphatic rings. The molecule has 0 radical (unpaired) electrons. The highest BCUT2D eigenvalue weighted by atomic mass is 16.5. The SMILES string of the molecule is C=CC(=O)OCC(NC=O)NC=O. The molecule has 0 aromatic rings. The lowest BCUT2D eigenvalue weighted by Gasteiger charge is -2.13. The molecule has 13 heavy (non-hydrogen) atoms. The zero-order chi connectivity index (χ0) is 10.1. The van der Waals surface area contributed by atoms with Crippen LogP contribution in [0.15, 0.2) is 12.7 Å². The van der Waals surface area contributed by atoms with E-state index >= 15 is 0 Å². The fourth-order valence-electron chi connectivity index (χ4n) is 0.533. The van der Waals surface area contributed by atoms with Gasteiger partial charge in [-0.15, -0.1) is 0 Å². The van der Waals surface area contributed by atoms with Crippen molar-refractivity contribution in [2.24, 2.45) is 0 Å². The van der Waals surface area contributed by atoms with Crippen molar-refractivity contribution in [2.75, 3.05) is 6.61 Å².